The molecule has 1 aliphatic heterocycles. The second-order valence-corrected chi connectivity index (χ2v) is 5.26. The summed E-state index contributed by atoms with van der Waals surface area (Å²) in [7, 11) is 0. The van der Waals surface area contributed by atoms with Crippen LogP contribution in [0.3, 0.4) is 0 Å². The minimum Gasteiger partial charge on any atom is -0.303 e. The van der Waals surface area contributed by atoms with E-state index in [-0.39, 0.29) is 11.3 Å². The molecule has 1 aromatic rings. The standard InChI is InChI=1S/C13H15BrFNO/c14-10-3-4-12(15)11(9-10)13(17)5-8-16-6-1-2-7-16/h3-4,9H,1-2,5-8H2. The molecule has 0 amide bonds. The predicted octanol–water partition coefficient (Wildman–Crippen LogP) is 3.26. The Labute approximate surface area is 109 Å². The average molecular weight is 300 g/mol. The van der Waals surface area contributed by atoms with Crippen molar-refractivity contribution >= 4 is 21.7 Å². The van der Waals surface area contributed by atoms with E-state index in [0.29, 0.717) is 6.42 Å². The molecule has 0 bridgehead atoms. The Hall–Kier alpha value is -0.740. The maximum absolute atomic E-state index is 13.5. The largest absolute Gasteiger partial charge is 0.303 e. The van der Waals surface area contributed by atoms with Gasteiger partial charge in [0.1, 0.15) is 5.82 Å². The second-order valence-electron chi connectivity index (χ2n) is 4.35. The van der Waals surface area contributed by atoms with Crippen molar-refractivity contribution in [3.63, 3.8) is 0 Å². The Morgan fingerprint density at radius 2 is 2.06 bits per heavy atom. The number of likely N-dealkylation sites (tertiary alicyclic amines) is 1. The van der Waals surface area contributed by atoms with Crippen LogP contribution in [0.15, 0.2) is 22.7 Å². The van der Waals surface area contributed by atoms with Gasteiger partial charge >= 0.3 is 0 Å². The number of halogens is 2. The molecule has 0 atom stereocenters. The first-order valence-electron chi connectivity index (χ1n) is 5.87. The van der Waals surface area contributed by atoms with Gasteiger partial charge in [-0.2, -0.15) is 0 Å². The third-order valence-electron chi connectivity index (χ3n) is 3.08. The van der Waals surface area contributed by atoms with Gasteiger partial charge in [0, 0.05) is 17.4 Å². The molecule has 1 saturated heterocycles. The number of nitrogens with zero attached hydrogens (tertiary/aromatic N) is 1. The van der Waals surface area contributed by atoms with E-state index in [1.807, 2.05) is 0 Å². The van der Waals surface area contributed by atoms with E-state index < -0.39 is 5.82 Å². The molecule has 0 radical (unpaired) electrons. The van der Waals surface area contributed by atoms with Gasteiger partial charge in [-0.1, -0.05) is 15.9 Å². The molecular formula is C13H15BrFNO. The molecule has 0 saturated carbocycles. The topological polar surface area (TPSA) is 20.3 Å². The monoisotopic (exact) mass is 299 g/mol. The van der Waals surface area contributed by atoms with Crippen molar-refractivity contribution in [2.75, 3.05) is 19.6 Å². The fraction of sp³-hybridized carbons (Fsp3) is 0.462. The fourth-order valence-electron chi connectivity index (χ4n) is 2.11. The zero-order chi connectivity index (χ0) is 12.3. The summed E-state index contributed by atoms with van der Waals surface area (Å²) in [6.45, 7) is 2.87. The van der Waals surface area contributed by atoms with E-state index in [1.165, 1.54) is 18.9 Å². The summed E-state index contributed by atoms with van der Waals surface area (Å²) in [6, 6.07) is 4.49. The highest BCUT2D eigenvalue weighted by Crippen LogP contribution is 2.17. The third-order valence-corrected chi connectivity index (χ3v) is 3.58. The number of carbonyl (C=O) groups is 1. The molecule has 92 valence electrons. The van der Waals surface area contributed by atoms with Crippen LogP contribution in [0.25, 0.3) is 0 Å². The number of hydrogen-bond donors (Lipinski definition) is 0. The molecule has 0 unspecified atom stereocenters. The quantitative estimate of drug-likeness (QED) is 0.796. The Morgan fingerprint density at radius 1 is 1.35 bits per heavy atom. The predicted molar refractivity (Wildman–Crippen MR) is 68.7 cm³/mol. The van der Waals surface area contributed by atoms with Crippen molar-refractivity contribution in [3.05, 3.63) is 34.1 Å². The lowest BCUT2D eigenvalue weighted by atomic mass is 10.1. The molecule has 17 heavy (non-hydrogen) atoms. The van der Waals surface area contributed by atoms with Crippen molar-refractivity contribution in [1.82, 2.24) is 4.90 Å². The van der Waals surface area contributed by atoms with E-state index >= 15 is 0 Å². The van der Waals surface area contributed by atoms with Crippen molar-refractivity contribution in [3.8, 4) is 0 Å². The number of carbonyl (C=O) groups excluding carboxylic acids is 1. The Bertz CT molecular complexity index is 416. The first kappa shape index (κ1) is 12.7. The second kappa shape index (κ2) is 5.74. The van der Waals surface area contributed by atoms with Crippen LogP contribution in [-0.4, -0.2) is 30.3 Å². The van der Waals surface area contributed by atoms with E-state index in [0.717, 1.165) is 24.1 Å². The molecular weight excluding hydrogens is 285 g/mol. The minimum absolute atomic E-state index is 0.115. The summed E-state index contributed by atoms with van der Waals surface area (Å²) in [5.74, 6) is -0.546. The van der Waals surface area contributed by atoms with Crippen LogP contribution in [0.2, 0.25) is 0 Å². The first-order chi connectivity index (χ1) is 8.16. The normalized spacial score (nSPS) is 16.4. The summed E-state index contributed by atoms with van der Waals surface area (Å²) in [5, 5.41) is 0. The van der Waals surface area contributed by atoms with Crippen LogP contribution < -0.4 is 0 Å². The van der Waals surface area contributed by atoms with Crippen molar-refractivity contribution in [2.45, 2.75) is 19.3 Å². The van der Waals surface area contributed by atoms with Gasteiger partial charge < -0.3 is 4.90 Å². The molecule has 2 rings (SSSR count). The molecule has 2 nitrogen and oxygen atoms in total. The Morgan fingerprint density at radius 3 is 2.76 bits per heavy atom. The molecule has 1 heterocycles. The molecule has 0 aromatic heterocycles. The maximum atomic E-state index is 13.5. The highest BCUT2D eigenvalue weighted by molar-refractivity contribution is 9.10. The third kappa shape index (κ3) is 3.36. The molecule has 0 aliphatic carbocycles. The van der Waals surface area contributed by atoms with Crippen LogP contribution in [0.4, 0.5) is 4.39 Å². The number of ketones is 1. The van der Waals surface area contributed by atoms with Gasteiger partial charge in [-0.15, -0.1) is 0 Å². The van der Waals surface area contributed by atoms with Crippen LogP contribution in [0.1, 0.15) is 29.6 Å². The highest BCUT2D eigenvalue weighted by Gasteiger charge is 2.16. The van der Waals surface area contributed by atoms with Crippen LogP contribution in [-0.2, 0) is 0 Å². The fourth-order valence-corrected chi connectivity index (χ4v) is 2.47. The number of Topliss-reactive ketones (excluding diaryl/α,β-unsaturated/α-hetero) is 1. The smallest absolute Gasteiger partial charge is 0.167 e. The van der Waals surface area contributed by atoms with Crippen molar-refractivity contribution < 1.29 is 9.18 Å². The van der Waals surface area contributed by atoms with E-state index in [4.69, 9.17) is 0 Å². The van der Waals surface area contributed by atoms with Gasteiger partial charge in [-0.25, -0.2) is 4.39 Å². The average Bonchev–Trinajstić information content (AvgIpc) is 2.82. The summed E-state index contributed by atoms with van der Waals surface area (Å²) in [5.41, 5.74) is 0.193. The van der Waals surface area contributed by atoms with Crippen LogP contribution >= 0.6 is 15.9 Å². The highest BCUT2D eigenvalue weighted by atomic mass is 79.9. The number of benzene rings is 1. The van der Waals surface area contributed by atoms with E-state index in [2.05, 4.69) is 20.8 Å². The van der Waals surface area contributed by atoms with Gasteiger partial charge in [-0.05, 0) is 44.1 Å². The zero-order valence-corrected chi connectivity index (χ0v) is 11.2. The zero-order valence-electron chi connectivity index (χ0n) is 9.59. The van der Waals surface area contributed by atoms with Gasteiger partial charge in [0.2, 0.25) is 0 Å². The van der Waals surface area contributed by atoms with E-state index in [1.54, 1.807) is 12.1 Å². The van der Waals surface area contributed by atoms with Gasteiger partial charge in [0.05, 0.1) is 5.56 Å². The van der Waals surface area contributed by atoms with Crippen molar-refractivity contribution in [1.29, 1.82) is 0 Å². The molecule has 4 heteroatoms. The Balaban J connectivity index is 1.96. The van der Waals surface area contributed by atoms with Gasteiger partial charge in [-0.3, -0.25) is 4.79 Å². The molecule has 0 N–H and O–H groups in total. The van der Waals surface area contributed by atoms with Gasteiger partial charge in [0.15, 0.2) is 5.78 Å². The lowest BCUT2D eigenvalue weighted by molar-refractivity contribution is 0.0965. The molecule has 0 spiro atoms. The molecule has 1 fully saturated rings. The maximum Gasteiger partial charge on any atom is 0.167 e. The SMILES string of the molecule is O=C(CCN1CCCC1)c1cc(Br)ccc1F. The number of hydrogen-bond acceptors (Lipinski definition) is 2. The first-order valence-corrected chi connectivity index (χ1v) is 6.67. The summed E-state index contributed by atoms with van der Waals surface area (Å²) in [6.07, 6.45) is 2.81. The van der Waals surface area contributed by atoms with Crippen molar-refractivity contribution in [2.24, 2.45) is 0 Å². The van der Waals surface area contributed by atoms with E-state index in [9.17, 15) is 9.18 Å². The number of rotatable bonds is 4. The van der Waals surface area contributed by atoms with Crippen LogP contribution in [0.5, 0.6) is 0 Å². The lowest BCUT2D eigenvalue weighted by Crippen LogP contribution is -2.22. The minimum atomic E-state index is -0.431. The molecule has 1 aromatic carbocycles. The summed E-state index contributed by atoms with van der Waals surface area (Å²) >= 11 is 3.25. The van der Waals surface area contributed by atoms with Gasteiger partial charge in [0.25, 0.3) is 0 Å². The summed E-state index contributed by atoms with van der Waals surface area (Å²) in [4.78, 5) is 14.1. The Kier molecular flexibility index (Phi) is 4.29. The van der Waals surface area contributed by atoms with Crippen LogP contribution in [0, 0.1) is 5.82 Å². The lowest BCUT2D eigenvalue weighted by Gasteiger charge is -2.13. The summed E-state index contributed by atoms with van der Waals surface area (Å²) < 4.78 is 14.2. The molecule has 1 aliphatic rings.